The molecule has 1 aromatic carbocycles. The van der Waals surface area contributed by atoms with E-state index in [4.69, 9.17) is 5.11 Å². The zero-order valence-corrected chi connectivity index (χ0v) is 12.2. The lowest BCUT2D eigenvalue weighted by Gasteiger charge is -2.14. The van der Waals surface area contributed by atoms with Crippen molar-refractivity contribution in [1.82, 2.24) is 10.2 Å². The molecule has 1 aliphatic heterocycles. The maximum atomic E-state index is 13.4. The van der Waals surface area contributed by atoms with E-state index in [-0.39, 0.29) is 37.2 Å². The van der Waals surface area contributed by atoms with Crippen LogP contribution in [0.2, 0.25) is 0 Å². The van der Waals surface area contributed by atoms with Gasteiger partial charge >= 0.3 is 5.97 Å². The van der Waals surface area contributed by atoms with Crippen molar-refractivity contribution in [1.29, 1.82) is 0 Å². The Balaban J connectivity index is 0.00000220. The number of nitrogens with one attached hydrogen (secondary N) is 1. The average Bonchev–Trinajstić information content (AvgIpc) is 2.86. The van der Waals surface area contributed by atoms with Gasteiger partial charge in [-0.25, -0.2) is 4.39 Å². The number of rotatable bonds is 5. The zero-order chi connectivity index (χ0) is 14.5. The molecular weight excluding hydrogens is 299 g/mol. The molecule has 0 bridgehead atoms. The van der Waals surface area contributed by atoms with Crippen LogP contribution in [0.15, 0.2) is 24.3 Å². The fourth-order valence-electron chi connectivity index (χ4n) is 2.27. The van der Waals surface area contributed by atoms with Crippen molar-refractivity contribution < 1.29 is 19.1 Å². The summed E-state index contributed by atoms with van der Waals surface area (Å²) in [4.78, 5) is 24.4. The summed E-state index contributed by atoms with van der Waals surface area (Å²) in [5.41, 5.74) is 0.436. The van der Waals surface area contributed by atoms with Crippen LogP contribution < -0.4 is 5.32 Å². The summed E-state index contributed by atoms with van der Waals surface area (Å²) in [5.74, 6) is -1.78. The van der Waals surface area contributed by atoms with Crippen LogP contribution in [-0.4, -0.2) is 41.5 Å². The minimum atomic E-state index is -0.820. The first kappa shape index (κ1) is 17.4. The smallest absolute Gasteiger partial charge is 0.307 e. The van der Waals surface area contributed by atoms with Crippen molar-refractivity contribution in [2.45, 2.75) is 13.0 Å². The maximum Gasteiger partial charge on any atom is 0.307 e. The lowest BCUT2D eigenvalue weighted by Crippen LogP contribution is -2.36. The van der Waals surface area contributed by atoms with Crippen LogP contribution in [0.4, 0.5) is 4.39 Å². The van der Waals surface area contributed by atoms with Gasteiger partial charge in [-0.2, -0.15) is 0 Å². The first-order valence-electron chi connectivity index (χ1n) is 6.51. The molecule has 2 N–H and O–H groups in total. The lowest BCUT2D eigenvalue weighted by molar-refractivity contribution is -0.141. The molecule has 1 fully saturated rings. The van der Waals surface area contributed by atoms with Gasteiger partial charge in [-0.1, -0.05) is 18.2 Å². The Labute approximate surface area is 128 Å². The van der Waals surface area contributed by atoms with Crippen molar-refractivity contribution in [3.63, 3.8) is 0 Å². The van der Waals surface area contributed by atoms with E-state index in [0.29, 0.717) is 25.1 Å². The van der Waals surface area contributed by atoms with E-state index < -0.39 is 11.9 Å². The van der Waals surface area contributed by atoms with Crippen molar-refractivity contribution >= 4 is 24.3 Å². The molecule has 7 heteroatoms. The highest BCUT2D eigenvalue weighted by Gasteiger charge is 2.28. The van der Waals surface area contributed by atoms with Crippen LogP contribution in [0.3, 0.4) is 0 Å². The molecule has 1 heterocycles. The highest BCUT2D eigenvalue weighted by molar-refractivity contribution is 5.85. The largest absolute Gasteiger partial charge is 0.481 e. The predicted molar refractivity (Wildman–Crippen MR) is 77.7 cm³/mol. The van der Waals surface area contributed by atoms with E-state index in [2.05, 4.69) is 5.32 Å². The van der Waals surface area contributed by atoms with Gasteiger partial charge in [0.25, 0.3) is 0 Å². The number of carboxylic acid groups (broad SMARTS) is 1. The van der Waals surface area contributed by atoms with Crippen LogP contribution in [0.1, 0.15) is 12.0 Å². The number of aliphatic carboxylic acids is 1. The fraction of sp³-hybridized carbons (Fsp3) is 0.429. The number of halogens is 2. The second-order valence-corrected chi connectivity index (χ2v) is 4.93. The molecule has 21 heavy (non-hydrogen) atoms. The summed E-state index contributed by atoms with van der Waals surface area (Å²) >= 11 is 0. The van der Waals surface area contributed by atoms with Gasteiger partial charge in [-0.05, 0) is 19.0 Å². The molecule has 1 saturated heterocycles. The van der Waals surface area contributed by atoms with Gasteiger partial charge in [0.2, 0.25) is 5.91 Å². The lowest BCUT2D eigenvalue weighted by atomic mass is 10.1. The van der Waals surface area contributed by atoms with Crippen molar-refractivity contribution in [3.05, 3.63) is 35.6 Å². The topological polar surface area (TPSA) is 69.6 Å². The SMILES string of the molecule is Cl.O=C(CN1CCC(C(=O)O)C1)NCc1ccccc1F. The number of benzene rings is 1. The van der Waals surface area contributed by atoms with Crippen LogP contribution in [-0.2, 0) is 16.1 Å². The summed E-state index contributed by atoms with van der Waals surface area (Å²) in [6.07, 6.45) is 0.565. The third-order valence-electron chi connectivity index (χ3n) is 3.42. The van der Waals surface area contributed by atoms with Crippen LogP contribution >= 0.6 is 12.4 Å². The Kier molecular flexibility index (Phi) is 6.58. The molecule has 1 amide bonds. The molecule has 0 aromatic heterocycles. The average molecular weight is 317 g/mol. The number of carbonyl (C=O) groups is 2. The summed E-state index contributed by atoms with van der Waals surface area (Å²) in [5, 5.41) is 11.5. The molecule has 0 aliphatic carbocycles. The fourth-order valence-corrected chi connectivity index (χ4v) is 2.27. The molecular formula is C14H18ClFN2O3. The van der Waals surface area contributed by atoms with E-state index in [1.807, 2.05) is 0 Å². The standard InChI is InChI=1S/C14H17FN2O3.ClH/c15-12-4-2-1-3-10(12)7-16-13(18)9-17-6-5-11(8-17)14(19)20;/h1-4,11H,5-9H2,(H,16,18)(H,19,20);1H. The number of amides is 1. The number of nitrogens with zero attached hydrogens (tertiary/aromatic N) is 1. The molecule has 1 unspecified atom stereocenters. The second-order valence-electron chi connectivity index (χ2n) is 4.93. The van der Waals surface area contributed by atoms with E-state index >= 15 is 0 Å². The number of likely N-dealkylation sites (tertiary alicyclic amines) is 1. The van der Waals surface area contributed by atoms with Crippen LogP contribution in [0.5, 0.6) is 0 Å². The van der Waals surface area contributed by atoms with Gasteiger partial charge in [0, 0.05) is 18.7 Å². The Morgan fingerprint density at radius 2 is 2.10 bits per heavy atom. The quantitative estimate of drug-likeness (QED) is 0.858. The van der Waals surface area contributed by atoms with E-state index in [9.17, 15) is 14.0 Å². The predicted octanol–water partition coefficient (Wildman–Crippen LogP) is 1.27. The third-order valence-corrected chi connectivity index (χ3v) is 3.42. The first-order valence-corrected chi connectivity index (χ1v) is 6.51. The van der Waals surface area contributed by atoms with Gasteiger partial charge in [0.05, 0.1) is 12.5 Å². The summed E-state index contributed by atoms with van der Waals surface area (Å²) in [6.45, 7) is 1.28. The third kappa shape index (κ3) is 4.99. The number of hydrogen-bond acceptors (Lipinski definition) is 3. The van der Waals surface area contributed by atoms with Gasteiger partial charge in [0.15, 0.2) is 0 Å². The van der Waals surface area contributed by atoms with E-state index in [1.165, 1.54) is 6.07 Å². The van der Waals surface area contributed by atoms with Crippen LogP contribution in [0.25, 0.3) is 0 Å². The summed E-state index contributed by atoms with van der Waals surface area (Å²) < 4.78 is 13.4. The van der Waals surface area contributed by atoms with Gasteiger partial charge in [-0.15, -0.1) is 12.4 Å². The molecule has 0 saturated carbocycles. The molecule has 1 aliphatic rings. The molecule has 1 aromatic rings. The molecule has 0 spiro atoms. The summed E-state index contributed by atoms with van der Waals surface area (Å²) in [6, 6.07) is 6.27. The molecule has 1 atom stereocenters. The highest BCUT2D eigenvalue weighted by Crippen LogP contribution is 2.15. The maximum absolute atomic E-state index is 13.4. The zero-order valence-electron chi connectivity index (χ0n) is 11.4. The van der Waals surface area contributed by atoms with Crippen molar-refractivity contribution in [2.75, 3.05) is 19.6 Å². The normalized spacial score (nSPS) is 18.0. The van der Waals surface area contributed by atoms with E-state index in [1.54, 1.807) is 23.1 Å². The Bertz CT molecular complexity index is 513. The molecule has 2 rings (SSSR count). The van der Waals surface area contributed by atoms with Crippen molar-refractivity contribution in [3.8, 4) is 0 Å². The molecule has 116 valence electrons. The van der Waals surface area contributed by atoms with Gasteiger partial charge < -0.3 is 10.4 Å². The minimum absolute atomic E-state index is 0. The molecule has 5 nitrogen and oxygen atoms in total. The number of carboxylic acids is 1. The second kappa shape index (κ2) is 7.95. The molecule has 0 radical (unpaired) electrons. The number of hydrogen-bond donors (Lipinski definition) is 2. The Morgan fingerprint density at radius 3 is 2.71 bits per heavy atom. The first-order chi connectivity index (χ1) is 9.56. The van der Waals surface area contributed by atoms with Crippen molar-refractivity contribution in [2.24, 2.45) is 5.92 Å². The summed E-state index contributed by atoms with van der Waals surface area (Å²) in [7, 11) is 0. The monoisotopic (exact) mass is 316 g/mol. The minimum Gasteiger partial charge on any atom is -0.481 e. The highest BCUT2D eigenvalue weighted by atomic mass is 35.5. The Hall–Kier alpha value is -1.66. The van der Waals surface area contributed by atoms with E-state index in [0.717, 1.165) is 0 Å². The van der Waals surface area contributed by atoms with Gasteiger partial charge in [0.1, 0.15) is 5.82 Å². The Morgan fingerprint density at radius 1 is 1.38 bits per heavy atom. The van der Waals surface area contributed by atoms with Gasteiger partial charge in [-0.3, -0.25) is 14.5 Å². The number of carbonyl (C=O) groups excluding carboxylic acids is 1. The van der Waals surface area contributed by atoms with Crippen LogP contribution in [0, 0.1) is 11.7 Å².